The number of nitriles is 1. The summed E-state index contributed by atoms with van der Waals surface area (Å²) in [5, 5.41) is 18.9. The number of hydrogen-bond acceptors (Lipinski definition) is 5. The van der Waals surface area contributed by atoms with Crippen molar-refractivity contribution in [1.82, 2.24) is 4.98 Å². The summed E-state index contributed by atoms with van der Waals surface area (Å²) in [5.41, 5.74) is -3.00. The molecule has 0 atom stereocenters. The maximum absolute atomic E-state index is 11.9. The fourth-order valence-electron chi connectivity index (χ4n) is 1.12. The standard InChI is InChI=1S/C8H4F3N3O4/c9-8(10,11)18-7-5(14(16)17)6(15)4(1-2-12)3-13-7/h3H,1H2,(H,13,15). The first-order valence-corrected chi connectivity index (χ1v) is 4.28. The van der Waals surface area contributed by atoms with E-state index in [4.69, 9.17) is 5.26 Å². The second-order valence-electron chi connectivity index (χ2n) is 2.96. The van der Waals surface area contributed by atoms with Crippen molar-refractivity contribution < 1.29 is 22.8 Å². The summed E-state index contributed by atoms with van der Waals surface area (Å²) in [7, 11) is 0. The van der Waals surface area contributed by atoms with Gasteiger partial charge >= 0.3 is 12.0 Å². The summed E-state index contributed by atoms with van der Waals surface area (Å²) in [6.07, 6.45) is -4.88. The minimum absolute atomic E-state index is 0.321. The zero-order valence-corrected chi connectivity index (χ0v) is 8.45. The quantitative estimate of drug-likeness (QED) is 0.651. The summed E-state index contributed by atoms with van der Waals surface area (Å²) in [6, 6.07) is 1.55. The fourth-order valence-corrected chi connectivity index (χ4v) is 1.12. The van der Waals surface area contributed by atoms with Gasteiger partial charge in [0.25, 0.3) is 11.3 Å². The molecule has 0 saturated carbocycles. The molecule has 18 heavy (non-hydrogen) atoms. The lowest BCUT2D eigenvalue weighted by molar-refractivity contribution is -0.390. The van der Waals surface area contributed by atoms with Crippen LogP contribution in [0.3, 0.4) is 0 Å². The van der Waals surface area contributed by atoms with Crippen molar-refractivity contribution in [2.75, 3.05) is 0 Å². The number of ether oxygens (including phenoxy) is 1. The van der Waals surface area contributed by atoms with Gasteiger partial charge in [0.05, 0.1) is 17.4 Å². The molecule has 0 aliphatic rings. The highest BCUT2D eigenvalue weighted by molar-refractivity contribution is 5.43. The Labute approximate surface area is 96.6 Å². The molecule has 0 amide bonds. The Hall–Kier alpha value is -2.57. The van der Waals surface area contributed by atoms with Crippen LogP contribution in [-0.2, 0) is 6.42 Å². The van der Waals surface area contributed by atoms with Crippen molar-refractivity contribution in [2.45, 2.75) is 12.8 Å². The molecule has 96 valence electrons. The molecule has 7 nitrogen and oxygen atoms in total. The molecule has 1 aromatic heterocycles. The highest BCUT2D eigenvalue weighted by Gasteiger charge is 2.36. The van der Waals surface area contributed by atoms with Crippen molar-refractivity contribution in [1.29, 1.82) is 5.26 Å². The highest BCUT2D eigenvalue weighted by Crippen LogP contribution is 2.27. The van der Waals surface area contributed by atoms with Gasteiger partial charge in [-0.3, -0.25) is 14.9 Å². The third kappa shape index (κ3) is 2.97. The minimum Gasteiger partial charge on any atom is -0.382 e. The summed E-state index contributed by atoms with van der Waals surface area (Å²) in [4.78, 5) is 22.5. The Morgan fingerprint density at radius 2 is 2.17 bits per heavy atom. The highest BCUT2D eigenvalue weighted by atomic mass is 19.4. The number of nitro groups is 1. The molecule has 0 unspecified atom stereocenters. The van der Waals surface area contributed by atoms with Crippen LogP contribution in [0.25, 0.3) is 0 Å². The van der Waals surface area contributed by atoms with Gasteiger partial charge in [0.1, 0.15) is 0 Å². The van der Waals surface area contributed by atoms with Gasteiger partial charge in [0.15, 0.2) is 0 Å². The van der Waals surface area contributed by atoms with Crippen molar-refractivity contribution in [3.63, 3.8) is 0 Å². The Balaban J connectivity index is 3.38. The van der Waals surface area contributed by atoms with E-state index in [1.807, 2.05) is 4.98 Å². The Kier molecular flexibility index (Phi) is 3.55. The van der Waals surface area contributed by atoms with E-state index in [2.05, 4.69) is 4.74 Å². The molecule has 1 aromatic rings. The molecular formula is C8H4F3N3O4. The van der Waals surface area contributed by atoms with E-state index in [1.54, 1.807) is 6.07 Å². The zero-order valence-electron chi connectivity index (χ0n) is 8.45. The van der Waals surface area contributed by atoms with E-state index in [1.165, 1.54) is 0 Å². The topological polar surface area (TPSA) is 109 Å². The van der Waals surface area contributed by atoms with E-state index in [0.717, 1.165) is 6.20 Å². The third-order valence-electron chi connectivity index (χ3n) is 1.77. The van der Waals surface area contributed by atoms with Crippen molar-refractivity contribution >= 4 is 5.69 Å². The number of halogens is 3. The van der Waals surface area contributed by atoms with E-state index in [-0.39, 0.29) is 5.56 Å². The van der Waals surface area contributed by atoms with E-state index < -0.39 is 34.7 Å². The van der Waals surface area contributed by atoms with E-state index in [9.17, 15) is 28.1 Å². The van der Waals surface area contributed by atoms with Crippen LogP contribution >= 0.6 is 0 Å². The van der Waals surface area contributed by atoms with Crippen LogP contribution in [0.5, 0.6) is 5.88 Å². The lowest BCUT2D eigenvalue weighted by atomic mass is 10.2. The molecule has 0 radical (unpaired) electrons. The van der Waals surface area contributed by atoms with Gasteiger partial charge in [-0.05, 0) is 0 Å². The van der Waals surface area contributed by atoms with Crippen LogP contribution in [0.1, 0.15) is 5.56 Å². The van der Waals surface area contributed by atoms with Gasteiger partial charge in [-0.25, -0.2) is 0 Å². The molecule has 0 aromatic carbocycles. The van der Waals surface area contributed by atoms with Gasteiger partial charge in [0, 0.05) is 11.8 Å². The molecule has 0 aliphatic heterocycles. The average molecular weight is 263 g/mol. The number of aromatic amines is 1. The summed E-state index contributed by atoms with van der Waals surface area (Å²) >= 11 is 0. The maximum atomic E-state index is 11.9. The predicted molar refractivity (Wildman–Crippen MR) is 49.7 cm³/mol. The second-order valence-corrected chi connectivity index (χ2v) is 2.96. The number of alkyl halides is 3. The summed E-state index contributed by atoms with van der Waals surface area (Å²) in [5.74, 6) is -1.32. The van der Waals surface area contributed by atoms with Crippen LogP contribution in [0.15, 0.2) is 11.0 Å². The first kappa shape index (κ1) is 13.5. The van der Waals surface area contributed by atoms with Gasteiger partial charge in [0.2, 0.25) is 0 Å². The predicted octanol–water partition coefficient (Wildman–Crippen LogP) is 1.25. The molecule has 0 saturated heterocycles. The smallest absolute Gasteiger partial charge is 0.382 e. The van der Waals surface area contributed by atoms with Crippen LogP contribution in [0.2, 0.25) is 0 Å². The van der Waals surface area contributed by atoms with Gasteiger partial charge in [-0.15, -0.1) is 13.2 Å². The largest absolute Gasteiger partial charge is 0.574 e. The molecular weight excluding hydrogens is 259 g/mol. The third-order valence-corrected chi connectivity index (χ3v) is 1.77. The second kappa shape index (κ2) is 4.74. The SMILES string of the molecule is N#CCc1c[nH]c(OC(F)(F)F)c([N+](=O)[O-])c1=O. The Morgan fingerprint density at radius 3 is 2.61 bits per heavy atom. The zero-order chi connectivity index (χ0) is 13.9. The van der Waals surface area contributed by atoms with Crippen molar-refractivity contribution in [2.24, 2.45) is 0 Å². The maximum Gasteiger partial charge on any atom is 0.574 e. The molecule has 10 heteroatoms. The van der Waals surface area contributed by atoms with Gasteiger partial charge in [-0.1, -0.05) is 0 Å². The number of H-pyrrole nitrogens is 1. The van der Waals surface area contributed by atoms with Crippen LogP contribution < -0.4 is 10.2 Å². The molecule has 0 fully saturated rings. The van der Waals surface area contributed by atoms with Gasteiger partial charge in [-0.2, -0.15) is 5.26 Å². The minimum atomic E-state index is -5.18. The lowest BCUT2D eigenvalue weighted by Crippen LogP contribution is -2.22. The molecule has 1 rings (SSSR count). The number of pyridine rings is 1. The monoisotopic (exact) mass is 263 g/mol. The average Bonchev–Trinajstić information content (AvgIpc) is 2.19. The van der Waals surface area contributed by atoms with E-state index in [0.29, 0.717) is 0 Å². The first-order chi connectivity index (χ1) is 8.26. The van der Waals surface area contributed by atoms with Crippen LogP contribution in [-0.4, -0.2) is 16.3 Å². The number of aromatic nitrogens is 1. The van der Waals surface area contributed by atoms with Crippen LogP contribution in [0.4, 0.5) is 18.9 Å². The molecule has 1 N–H and O–H groups in total. The van der Waals surface area contributed by atoms with Crippen molar-refractivity contribution in [3.05, 3.63) is 32.1 Å². The summed E-state index contributed by atoms with van der Waals surface area (Å²) in [6.45, 7) is 0. The fraction of sp³-hybridized carbons (Fsp3) is 0.250. The summed E-state index contributed by atoms with van der Waals surface area (Å²) < 4.78 is 39.2. The Morgan fingerprint density at radius 1 is 1.56 bits per heavy atom. The number of nitrogens with one attached hydrogen (secondary N) is 1. The normalized spacial score (nSPS) is 10.8. The first-order valence-electron chi connectivity index (χ1n) is 4.28. The number of rotatable bonds is 3. The van der Waals surface area contributed by atoms with Crippen LogP contribution in [0, 0.1) is 21.4 Å². The number of nitrogens with zero attached hydrogens (tertiary/aromatic N) is 2. The van der Waals surface area contributed by atoms with Crippen molar-refractivity contribution in [3.8, 4) is 11.9 Å². The Bertz CT molecular complexity index is 572. The lowest BCUT2D eigenvalue weighted by Gasteiger charge is -2.08. The number of hydrogen-bond donors (Lipinski definition) is 1. The molecule has 0 bridgehead atoms. The molecule has 0 aliphatic carbocycles. The van der Waals surface area contributed by atoms with E-state index >= 15 is 0 Å². The molecule has 0 spiro atoms. The molecule has 1 heterocycles. The van der Waals surface area contributed by atoms with Gasteiger partial charge < -0.3 is 9.72 Å².